The third-order valence-electron chi connectivity index (χ3n) is 8.23. The minimum atomic E-state index is 0.230. The van der Waals surface area contributed by atoms with Crippen LogP contribution in [0.15, 0.2) is 54.6 Å². The minimum Gasteiger partial charge on any atom is -0.507 e. The van der Waals surface area contributed by atoms with Crippen molar-refractivity contribution in [3.63, 3.8) is 0 Å². The quantitative estimate of drug-likeness (QED) is 0.464. The van der Waals surface area contributed by atoms with Gasteiger partial charge in [-0.25, -0.2) is 0 Å². The van der Waals surface area contributed by atoms with Gasteiger partial charge < -0.3 is 20.2 Å². The van der Waals surface area contributed by atoms with Crippen LogP contribution in [0.3, 0.4) is 0 Å². The number of phenolic OH excluding ortho intramolecular Hbond substituents is 1. The number of nitrogens with zero attached hydrogens (tertiary/aromatic N) is 5. The fourth-order valence-electron chi connectivity index (χ4n) is 6.24. The number of para-hydroxylation sites is 1. The maximum Gasteiger partial charge on any atom is 0.316 e. The van der Waals surface area contributed by atoms with Crippen LogP contribution in [0.5, 0.6) is 5.75 Å². The summed E-state index contributed by atoms with van der Waals surface area (Å²) in [5.41, 5.74) is 11.8. The van der Waals surface area contributed by atoms with Crippen LogP contribution >= 0.6 is 0 Å². The van der Waals surface area contributed by atoms with Crippen molar-refractivity contribution in [1.82, 2.24) is 15.3 Å². The second kappa shape index (κ2) is 10.2. The molecule has 0 spiro atoms. The zero-order chi connectivity index (χ0) is 25.4. The van der Waals surface area contributed by atoms with Gasteiger partial charge in [0.05, 0.1) is 0 Å². The van der Waals surface area contributed by atoms with Gasteiger partial charge in [0.2, 0.25) is 0 Å². The van der Waals surface area contributed by atoms with Crippen molar-refractivity contribution in [2.75, 3.05) is 61.3 Å². The number of fused-ring (bicyclic) bond motifs is 4. The molecule has 2 atom stereocenters. The van der Waals surface area contributed by atoms with Crippen LogP contribution in [0.1, 0.15) is 18.4 Å². The lowest BCUT2D eigenvalue weighted by Gasteiger charge is -2.38. The van der Waals surface area contributed by atoms with Gasteiger partial charge in [-0.05, 0) is 48.6 Å². The third-order valence-corrected chi connectivity index (χ3v) is 8.23. The van der Waals surface area contributed by atoms with Gasteiger partial charge in [-0.1, -0.05) is 29.4 Å². The molecule has 0 radical (unpaired) electrons. The summed E-state index contributed by atoms with van der Waals surface area (Å²) >= 11 is 0. The third kappa shape index (κ3) is 4.95. The van der Waals surface area contributed by atoms with Gasteiger partial charge in [-0.2, -0.15) is 0 Å². The number of anilines is 3. The summed E-state index contributed by atoms with van der Waals surface area (Å²) in [5, 5.41) is 18.5. The normalized spacial score (nSPS) is 22.3. The van der Waals surface area contributed by atoms with E-state index in [4.69, 9.17) is 5.73 Å². The number of hydrogen-bond donors (Lipinski definition) is 3. The zero-order valence-electron chi connectivity index (χ0n) is 21.7. The minimum absolute atomic E-state index is 0.230. The van der Waals surface area contributed by atoms with Crippen LogP contribution in [-0.2, 0) is 13.6 Å². The van der Waals surface area contributed by atoms with Gasteiger partial charge in [0.1, 0.15) is 24.2 Å². The molecule has 4 saturated heterocycles. The van der Waals surface area contributed by atoms with E-state index in [-0.39, 0.29) is 5.75 Å². The first-order chi connectivity index (χ1) is 18.0. The fourth-order valence-corrected chi connectivity index (χ4v) is 6.24. The van der Waals surface area contributed by atoms with Crippen LogP contribution < -0.4 is 25.5 Å². The van der Waals surface area contributed by atoms with Crippen LogP contribution in [-0.4, -0.2) is 67.0 Å². The van der Waals surface area contributed by atoms with Crippen molar-refractivity contribution >= 4 is 17.2 Å². The molecule has 4 aliphatic rings. The lowest BCUT2D eigenvalue weighted by atomic mass is 9.94. The molecule has 1 unspecified atom stereocenters. The number of nitrogen functional groups attached to an aromatic ring is 1. The Kier molecular flexibility index (Phi) is 6.61. The lowest BCUT2D eigenvalue weighted by molar-refractivity contribution is -0.715. The van der Waals surface area contributed by atoms with Gasteiger partial charge in [0.25, 0.3) is 0 Å². The molecule has 7 rings (SSSR count). The van der Waals surface area contributed by atoms with Crippen molar-refractivity contribution < 1.29 is 9.79 Å². The van der Waals surface area contributed by atoms with Crippen molar-refractivity contribution in [3.05, 3.63) is 60.2 Å². The van der Waals surface area contributed by atoms with E-state index >= 15 is 0 Å². The van der Waals surface area contributed by atoms with Crippen molar-refractivity contribution in [3.8, 4) is 17.0 Å². The number of nitrogens with one attached hydrogen (secondary N) is 1. The van der Waals surface area contributed by atoms with Crippen LogP contribution in [0.4, 0.5) is 17.2 Å². The van der Waals surface area contributed by atoms with E-state index in [0.29, 0.717) is 17.8 Å². The summed E-state index contributed by atoms with van der Waals surface area (Å²) in [4.78, 5) is 7.63. The molecular formula is C29H38N7O+. The second-order valence-electron chi connectivity index (χ2n) is 10.8. The summed E-state index contributed by atoms with van der Waals surface area (Å²) in [5.74, 6) is 1.46. The number of nitrogens with two attached hydrogens (primary N) is 1. The molecule has 37 heavy (non-hydrogen) atoms. The Hall–Kier alpha value is -3.36. The number of piperazine rings is 1. The Morgan fingerprint density at radius 3 is 2.70 bits per heavy atom. The van der Waals surface area contributed by atoms with Crippen LogP contribution in [0.25, 0.3) is 11.3 Å². The zero-order valence-corrected chi connectivity index (χ0v) is 21.7. The first-order valence-electron chi connectivity index (χ1n) is 13.5. The molecule has 8 heteroatoms. The summed E-state index contributed by atoms with van der Waals surface area (Å²) in [6.07, 6.45) is 2.42. The van der Waals surface area contributed by atoms with Crippen LogP contribution in [0, 0.1) is 5.92 Å². The van der Waals surface area contributed by atoms with Gasteiger partial charge in [-0.3, -0.25) is 10.6 Å². The van der Waals surface area contributed by atoms with E-state index in [1.165, 1.54) is 24.1 Å². The van der Waals surface area contributed by atoms with E-state index in [0.717, 1.165) is 69.3 Å². The van der Waals surface area contributed by atoms with Crippen molar-refractivity contribution in [1.29, 1.82) is 0 Å². The number of phenols is 1. The average molecular weight is 501 g/mol. The number of aryl methyl sites for hydroxylation is 1. The van der Waals surface area contributed by atoms with Crippen molar-refractivity contribution in [2.45, 2.75) is 25.4 Å². The van der Waals surface area contributed by atoms with E-state index in [1.54, 1.807) is 10.7 Å². The standard InChI is InChI=1S/C29H37N7O/c1-33-29(30)27(16-26(32-33)25-7-2-3-8-28(25)37)35-18-22-9-10-24(20-35)36(19-22)23-6-4-5-21(15-23)17-34-13-11-31-12-14-34/h2-8,15-16,22,24,30-31H,9-14,17-20H2,1H3,(H,32,37)/p+1/t22?,24-/m1/s1. The number of rotatable bonds is 5. The van der Waals surface area contributed by atoms with E-state index in [9.17, 15) is 5.11 Å². The highest BCUT2D eigenvalue weighted by molar-refractivity contribution is 5.73. The summed E-state index contributed by atoms with van der Waals surface area (Å²) < 4.78 is 1.74. The predicted molar refractivity (Wildman–Crippen MR) is 148 cm³/mol. The SMILES string of the molecule is C[n+]1nc(-c2ccccc2O)cc(N2CC3CC[C@H](C2)N(c2cccc(CN4CCNCC4)c2)C3)c1N. The number of aromatic hydroxyl groups is 1. The highest BCUT2D eigenvalue weighted by Gasteiger charge is 2.37. The molecule has 194 valence electrons. The Morgan fingerprint density at radius 2 is 1.86 bits per heavy atom. The molecule has 0 aliphatic carbocycles. The first-order valence-corrected chi connectivity index (χ1v) is 13.5. The number of piperidine rings is 1. The fraction of sp³-hybridized carbons (Fsp3) is 0.448. The smallest absolute Gasteiger partial charge is 0.316 e. The highest BCUT2D eigenvalue weighted by atomic mass is 16.3. The molecule has 2 bridgehead atoms. The van der Waals surface area contributed by atoms with Gasteiger partial charge in [0, 0.05) is 75.7 Å². The molecule has 4 N–H and O–H groups in total. The molecule has 4 fully saturated rings. The topological polar surface area (TPSA) is 84.8 Å². The highest BCUT2D eigenvalue weighted by Crippen LogP contribution is 2.37. The monoisotopic (exact) mass is 500 g/mol. The molecule has 4 aliphatic heterocycles. The molecule has 0 saturated carbocycles. The van der Waals surface area contributed by atoms with Crippen LogP contribution in [0.2, 0.25) is 0 Å². The number of hydrogen-bond acceptors (Lipinski definition) is 7. The van der Waals surface area contributed by atoms with Gasteiger partial charge >= 0.3 is 5.82 Å². The molecule has 0 amide bonds. The van der Waals surface area contributed by atoms with E-state index < -0.39 is 0 Å². The second-order valence-corrected chi connectivity index (χ2v) is 10.8. The molecular weight excluding hydrogens is 462 g/mol. The molecule has 3 aromatic rings. The Balaban J connectivity index is 1.26. The molecule has 8 nitrogen and oxygen atoms in total. The Morgan fingerprint density at radius 1 is 1.03 bits per heavy atom. The van der Waals surface area contributed by atoms with Crippen molar-refractivity contribution in [2.24, 2.45) is 13.0 Å². The predicted octanol–water partition coefficient (Wildman–Crippen LogP) is 2.37. The Bertz CT molecular complexity index is 1260. The van der Waals surface area contributed by atoms with E-state index in [1.807, 2.05) is 31.3 Å². The lowest BCUT2D eigenvalue weighted by Crippen LogP contribution is -2.45. The molecule has 2 aromatic carbocycles. The largest absolute Gasteiger partial charge is 0.507 e. The number of benzene rings is 2. The van der Waals surface area contributed by atoms with Gasteiger partial charge in [0.15, 0.2) is 0 Å². The summed E-state index contributed by atoms with van der Waals surface area (Å²) in [7, 11) is 1.88. The molecule has 5 heterocycles. The molecule has 1 aromatic heterocycles. The first kappa shape index (κ1) is 24.0. The van der Waals surface area contributed by atoms with E-state index in [2.05, 4.69) is 49.4 Å². The maximum atomic E-state index is 10.4. The maximum absolute atomic E-state index is 10.4. The summed E-state index contributed by atoms with van der Waals surface area (Å²) in [6.45, 7) is 8.36. The number of aromatic nitrogens is 2. The van der Waals surface area contributed by atoms with Gasteiger partial charge in [-0.15, -0.1) is 4.68 Å². The Labute approximate surface area is 219 Å². The average Bonchev–Trinajstić information content (AvgIpc) is 3.23. The summed E-state index contributed by atoms with van der Waals surface area (Å²) in [6, 6.07) is 19.0.